The Balaban J connectivity index is 1.43. The number of piperidine rings is 2. The van der Waals surface area contributed by atoms with E-state index in [1.807, 2.05) is 35.4 Å². The van der Waals surface area contributed by atoms with Crippen molar-refractivity contribution in [2.45, 2.75) is 38.4 Å². The van der Waals surface area contributed by atoms with E-state index in [0.717, 1.165) is 37.1 Å². The number of fused-ring (bicyclic) bond motifs is 1. The topological polar surface area (TPSA) is 36.4 Å². The molecular weight excluding hydrogens is 329 g/mol. The van der Waals surface area contributed by atoms with Crippen LogP contribution in [0.2, 0.25) is 0 Å². The van der Waals surface area contributed by atoms with Gasteiger partial charge in [-0.2, -0.15) is 0 Å². The molecule has 0 bridgehead atoms. The molecule has 0 N–H and O–H groups in total. The van der Waals surface area contributed by atoms with Crippen molar-refractivity contribution in [3.8, 4) is 0 Å². The summed E-state index contributed by atoms with van der Waals surface area (Å²) in [5, 5.41) is 0. The Morgan fingerprint density at radius 1 is 1.12 bits per heavy atom. The minimum atomic E-state index is -0.133. The zero-order chi connectivity index (χ0) is 17.9. The molecule has 1 aromatic carbocycles. The number of benzene rings is 1. The number of nitrogens with zero attached hydrogens (tertiary/aromatic N) is 3. The highest BCUT2D eigenvalue weighted by Gasteiger charge is 2.39. The van der Waals surface area contributed by atoms with E-state index in [-0.39, 0.29) is 17.8 Å². The molecule has 0 saturated carbocycles. The summed E-state index contributed by atoms with van der Waals surface area (Å²) < 4.78 is 13.9. The van der Waals surface area contributed by atoms with Gasteiger partial charge in [-0.25, -0.2) is 4.39 Å². The van der Waals surface area contributed by atoms with Crippen LogP contribution in [0.1, 0.15) is 30.4 Å². The van der Waals surface area contributed by atoms with Crippen molar-refractivity contribution in [1.29, 1.82) is 0 Å². The number of amides is 1. The molecule has 4 nitrogen and oxygen atoms in total. The predicted octanol–water partition coefficient (Wildman–Crippen LogP) is 3.23. The summed E-state index contributed by atoms with van der Waals surface area (Å²) in [6.07, 6.45) is 6.08. The van der Waals surface area contributed by atoms with Gasteiger partial charge in [0.2, 0.25) is 5.91 Å². The van der Waals surface area contributed by atoms with E-state index in [0.29, 0.717) is 25.4 Å². The zero-order valence-corrected chi connectivity index (χ0v) is 14.9. The van der Waals surface area contributed by atoms with Crippen molar-refractivity contribution in [1.82, 2.24) is 14.8 Å². The van der Waals surface area contributed by atoms with Gasteiger partial charge in [-0.15, -0.1) is 0 Å². The van der Waals surface area contributed by atoms with Crippen molar-refractivity contribution in [2.24, 2.45) is 5.92 Å². The molecule has 2 saturated heterocycles. The molecule has 0 spiro atoms. The van der Waals surface area contributed by atoms with Gasteiger partial charge in [0.05, 0.1) is 0 Å². The molecule has 1 amide bonds. The number of likely N-dealkylation sites (tertiary alicyclic amines) is 2. The SMILES string of the molecule is O=C1CC[C@@H]2CN(Cc3ccccc3F)CC[C@@H]2N1Cc1cccnc1. The number of aromatic nitrogens is 1. The largest absolute Gasteiger partial charge is 0.335 e. The van der Waals surface area contributed by atoms with Gasteiger partial charge in [0.15, 0.2) is 0 Å². The van der Waals surface area contributed by atoms with E-state index in [2.05, 4.69) is 9.88 Å². The molecule has 2 aromatic rings. The van der Waals surface area contributed by atoms with Crippen LogP contribution in [0.4, 0.5) is 4.39 Å². The summed E-state index contributed by atoms with van der Waals surface area (Å²) in [7, 11) is 0. The molecule has 4 rings (SSSR count). The highest BCUT2D eigenvalue weighted by atomic mass is 19.1. The highest BCUT2D eigenvalue weighted by Crippen LogP contribution is 2.33. The van der Waals surface area contributed by atoms with E-state index < -0.39 is 0 Å². The molecule has 2 aliphatic heterocycles. The predicted molar refractivity (Wildman–Crippen MR) is 97.6 cm³/mol. The van der Waals surface area contributed by atoms with Crippen molar-refractivity contribution < 1.29 is 9.18 Å². The van der Waals surface area contributed by atoms with Crippen molar-refractivity contribution in [3.05, 3.63) is 65.7 Å². The monoisotopic (exact) mass is 353 g/mol. The summed E-state index contributed by atoms with van der Waals surface area (Å²) in [4.78, 5) is 21.1. The van der Waals surface area contributed by atoms with Gasteiger partial charge in [-0.1, -0.05) is 24.3 Å². The quantitative estimate of drug-likeness (QED) is 0.847. The summed E-state index contributed by atoms with van der Waals surface area (Å²) >= 11 is 0. The standard InChI is InChI=1S/C21H24FN3O/c22-19-6-2-1-5-17(19)14-24-11-9-20-18(15-24)7-8-21(26)25(20)13-16-4-3-10-23-12-16/h1-6,10,12,18,20H,7-9,11,13-15H2/t18-,20+/m1/s1. The van der Waals surface area contributed by atoms with Crippen LogP contribution in [0.15, 0.2) is 48.8 Å². The minimum absolute atomic E-state index is 0.133. The molecule has 2 fully saturated rings. The number of carbonyl (C=O) groups is 1. The Kier molecular flexibility index (Phi) is 4.98. The Morgan fingerprint density at radius 2 is 2.00 bits per heavy atom. The number of halogens is 1. The van der Waals surface area contributed by atoms with Crippen LogP contribution in [-0.2, 0) is 17.9 Å². The number of hydrogen-bond donors (Lipinski definition) is 0. The van der Waals surface area contributed by atoms with Crippen LogP contribution in [0.25, 0.3) is 0 Å². The van der Waals surface area contributed by atoms with Crippen LogP contribution in [0, 0.1) is 11.7 Å². The summed E-state index contributed by atoms with van der Waals surface area (Å²) in [6, 6.07) is 11.2. The zero-order valence-electron chi connectivity index (χ0n) is 14.9. The molecule has 1 aromatic heterocycles. The Bertz CT molecular complexity index is 767. The molecular formula is C21H24FN3O. The maximum Gasteiger partial charge on any atom is 0.223 e. The first-order chi connectivity index (χ1) is 12.7. The van der Waals surface area contributed by atoms with Gasteiger partial charge >= 0.3 is 0 Å². The van der Waals surface area contributed by atoms with E-state index >= 15 is 0 Å². The second-order valence-corrected chi connectivity index (χ2v) is 7.36. The molecule has 0 radical (unpaired) electrons. The lowest BCUT2D eigenvalue weighted by atomic mass is 9.83. The molecule has 3 heterocycles. The summed E-state index contributed by atoms with van der Waals surface area (Å²) in [6.45, 7) is 3.11. The lowest BCUT2D eigenvalue weighted by Gasteiger charge is -2.47. The van der Waals surface area contributed by atoms with E-state index in [1.54, 1.807) is 12.3 Å². The Morgan fingerprint density at radius 3 is 2.81 bits per heavy atom. The number of rotatable bonds is 4. The fourth-order valence-electron chi connectivity index (χ4n) is 4.33. The highest BCUT2D eigenvalue weighted by molar-refractivity contribution is 5.77. The molecule has 2 atom stereocenters. The van der Waals surface area contributed by atoms with Crippen LogP contribution in [0.3, 0.4) is 0 Å². The average molecular weight is 353 g/mol. The second-order valence-electron chi connectivity index (χ2n) is 7.36. The maximum absolute atomic E-state index is 13.9. The molecule has 0 unspecified atom stereocenters. The van der Waals surface area contributed by atoms with Gasteiger partial charge in [-0.05, 0) is 36.5 Å². The Labute approximate surface area is 153 Å². The average Bonchev–Trinajstić information content (AvgIpc) is 2.67. The van der Waals surface area contributed by atoms with E-state index in [1.165, 1.54) is 6.07 Å². The lowest BCUT2D eigenvalue weighted by molar-refractivity contribution is -0.142. The minimum Gasteiger partial charge on any atom is -0.335 e. The van der Waals surface area contributed by atoms with Gasteiger partial charge in [0.1, 0.15) is 5.82 Å². The van der Waals surface area contributed by atoms with Crippen LogP contribution in [0.5, 0.6) is 0 Å². The molecule has 2 aliphatic rings. The van der Waals surface area contributed by atoms with Crippen molar-refractivity contribution >= 4 is 5.91 Å². The van der Waals surface area contributed by atoms with Crippen LogP contribution < -0.4 is 0 Å². The van der Waals surface area contributed by atoms with E-state index in [9.17, 15) is 9.18 Å². The molecule has 0 aliphatic carbocycles. The van der Waals surface area contributed by atoms with Crippen molar-refractivity contribution in [3.63, 3.8) is 0 Å². The van der Waals surface area contributed by atoms with Gasteiger partial charge < -0.3 is 4.90 Å². The first kappa shape index (κ1) is 17.2. The first-order valence-corrected chi connectivity index (χ1v) is 9.35. The fourth-order valence-corrected chi connectivity index (χ4v) is 4.33. The Hall–Kier alpha value is -2.27. The van der Waals surface area contributed by atoms with Crippen LogP contribution >= 0.6 is 0 Å². The first-order valence-electron chi connectivity index (χ1n) is 9.35. The smallest absolute Gasteiger partial charge is 0.223 e. The summed E-state index contributed by atoms with van der Waals surface area (Å²) in [5.74, 6) is 0.578. The van der Waals surface area contributed by atoms with E-state index in [4.69, 9.17) is 0 Å². The van der Waals surface area contributed by atoms with Crippen molar-refractivity contribution in [2.75, 3.05) is 13.1 Å². The van der Waals surface area contributed by atoms with Gasteiger partial charge in [0.25, 0.3) is 0 Å². The lowest BCUT2D eigenvalue weighted by Crippen LogP contribution is -2.55. The van der Waals surface area contributed by atoms with Crippen LogP contribution in [-0.4, -0.2) is 39.8 Å². The number of carbonyl (C=O) groups excluding carboxylic acids is 1. The maximum atomic E-state index is 13.9. The van der Waals surface area contributed by atoms with Gasteiger partial charge in [-0.3, -0.25) is 14.7 Å². The summed E-state index contributed by atoms with van der Waals surface area (Å²) in [5.41, 5.74) is 1.83. The third-order valence-electron chi connectivity index (χ3n) is 5.66. The fraction of sp³-hybridized carbons (Fsp3) is 0.429. The van der Waals surface area contributed by atoms with Gasteiger partial charge in [0, 0.05) is 56.6 Å². The normalized spacial score (nSPS) is 23.7. The third kappa shape index (κ3) is 3.63. The third-order valence-corrected chi connectivity index (χ3v) is 5.66. The number of hydrogen-bond acceptors (Lipinski definition) is 3. The second kappa shape index (κ2) is 7.54. The molecule has 136 valence electrons. The molecule has 26 heavy (non-hydrogen) atoms. The number of pyridine rings is 1. The molecule has 5 heteroatoms.